The first-order chi connectivity index (χ1) is 15.4. The Morgan fingerprint density at radius 1 is 1.03 bits per heavy atom. The van der Waals surface area contributed by atoms with Gasteiger partial charge in [-0.25, -0.2) is 15.0 Å². The molecule has 160 valence electrons. The number of nitrogens with one attached hydrogen (secondary N) is 2. The maximum Gasteiger partial charge on any atom is 0.257 e. The minimum absolute atomic E-state index is 0.153. The van der Waals surface area contributed by atoms with Crippen molar-refractivity contribution in [2.45, 2.75) is 13.0 Å². The van der Waals surface area contributed by atoms with E-state index in [0.717, 1.165) is 5.56 Å². The van der Waals surface area contributed by atoms with E-state index in [4.69, 9.17) is 17.3 Å². The number of nitrogens with two attached hydrogens (primary N) is 1. The third-order valence-corrected chi connectivity index (χ3v) is 5.14. The summed E-state index contributed by atoms with van der Waals surface area (Å²) in [4.78, 5) is 36.6. The largest absolute Gasteiger partial charge is 0.366 e. The van der Waals surface area contributed by atoms with Crippen molar-refractivity contribution in [3.63, 3.8) is 0 Å². The molecule has 8 nitrogen and oxygen atoms in total. The number of fused-ring (bicyclic) bond motifs is 1. The lowest BCUT2D eigenvalue weighted by atomic mass is 10.1. The summed E-state index contributed by atoms with van der Waals surface area (Å²) in [5.41, 5.74) is 8.26. The highest BCUT2D eigenvalue weighted by atomic mass is 35.5. The van der Waals surface area contributed by atoms with Crippen molar-refractivity contribution in [3.05, 3.63) is 89.0 Å². The lowest BCUT2D eigenvalue weighted by Gasteiger charge is -2.17. The first kappa shape index (κ1) is 21.2. The van der Waals surface area contributed by atoms with E-state index in [1.165, 1.54) is 12.5 Å². The van der Waals surface area contributed by atoms with Gasteiger partial charge < -0.3 is 16.4 Å². The Morgan fingerprint density at radius 3 is 2.59 bits per heavy atom. The van der Waals surface area contributed by atoms with Crippen LogP contribution in [0.4, 0.5) is 11.5 Å². The van der Waals surface area contributed by atoms with Crippen LogP contribution in [0.1, 0.15) is 39.2 Å². The number of benzene rings is 2. The molecule has 2 aromatic heterocycles. The van der Waals surface area contributed by atoms with E-state index in [1.54, 1.807) is 30.3 Å². The number of anilines is 2. The molecule has 0 saturated carbocycles. The molecule has 0 aliphatic rings. The molecule has 4 aromatic rings. The summed E-state index contributed by atoms with van der Waals surface area (Å²) < 4.78 is 0. The van der Waals surface area contributed by atoms with E-state index < -0.39 is 5.91 Å². The van der Waals surface area contributed by atoms with Crippen LogP contribution < -0.4 is 16.4 Å². The molecule has 1 atom stereocenters. The molecule has 4 N–H and O–H groups in total. The summed E-state index contributed by atoms with van der Waals surface area (Å²) in [5, 5.41) is 7.22. The quantitative estimate of drug-likeness (QED) is 0.381. The van der Waals surface area contributed by atoms with Crippen LogP contribution in [-0.4, -0.2) is 26.8 Å². The highest BCUT2D eigenvalue weighted by Gasteiger charge is 2.14. The normalized spacial score (nSPS) is 11.7. The molecule has 0 saturated heterocycles. The van der Waals surface area contributed by atoms with Crippen LogP contribution in [0.15, 0.2) is 67.1 Å². The van der Waals surface area contributed by atoms with Crippen molar-refractivity contribution in [2.24, 2.45) is 5.73 Å². The number of hydrogen-bond donors (Lipinski definition) is 3. The van der Waals surface area contributed by atoms with Crippen LogP contribution in [-0.2, 0) is 0 Å². The summed E-state index contributed by atoms with van der Waals surface area (Å²) in [6.45, 7) is 1.97. The Kier molecular flexibility index (Phi) is 5.96. The fourth-order valence-corrected chi connectivity index (χ4v) is 3.40. The maximum absolute atomic E-state index is 12.5. The Balaban J connectivity index is 1.55. The summed E-state index contributed by atoms with van der Waals surface area (Å²) in [6.07, 6.45) is 2.81. The minimum Gasteiger partial charge on any atom is -0.366 e. The molecule has 0 radical (unpaired) electrons. The first-order valence-corrected chi connectivity index (χ1v) is 10.1. The number of pyridine rings is 1. The molecule has 32 heavy (non-hydrogen) atoms. The number of rotatable bonds is 6. The van der Waals surface area contributed by atoms with Gasteiger partial charge in [-0.15, -0.1) is 0 Å². The number of amides is 2. The summed E-state index contributed by atoms with van der Waals surface area (Å²) >= 11 is 5.78. The Hall–Kier alpha value is -4.04. The maximum atomic E-state index is 12.5. The van der Waals surface area contributed by atoms with Gasteiger partial charge in [-0.3, -0.25) is 9.59 Å². The van der Waals surface area contributed by atoms with Gasteiger partial charge in [0.05, 0.1) is 22.7 Å². The SMILES string of the molecule is CC(Nc1ncnc2c(C(N)=O)cccc12)c1cccc(NC(=O)c2ccc(Cl)nc2)c1. The number of para-hydroxylation sites is 1. The van der Waals surface area contributed by atoms with Crippen molar-refractivity contribution < 1.29 is 9.59 Å². The first-order valence-electron chi connectivity index (χ1n) is 9.75. The predicted octanol–water partition coefficient (Wildman–Crippen LogP) is 4.20. The molecule has 0 aliphatic carbocycles. The van der Waals surface area contributed by atoms with Crippen molar-refractivity contribution >= 4 is 45.8 Å². The fourth-order valence-electron chi connectivity index (χ4n) is 3.29. The number of carbonyl (C=O) groups is 2. The van der Waals surface area contributed by atoms with Crippen LogP contribution in [0.2, 0.25) is 5.15 Å². The van der Waals surface area contributed by atoms with Crippen LogP contribution in [0.5, 0.6) is 0 Å². The van der Waals surface area contributed by atoms with E-state index in [2.05, 4.69) is 25.6 Å². The number of carbonyl (C=O) groups excluding carboxylic acids is 2. The van der Waals surface area contributed by atoms with E-state index in [9.17, 15) is 9.59 Å². The standard InChI is InChI=1S/C23H19ClN6O2/c1-13(29-22-18-7-3-6-17(21(25)31)20(18)27-12-28-22)14-4-2-5-16(10-14)30-23(32)15-8-9-19(24)26-11-15/h2-13H,1H3,(H2,25,31)(H,30,32)(H,27,28,29). The van der Waals surface area contributed by atoms with Gasteiger partial charge in [0.1, 0.15) is 17.3 Å². The highest BCUT2D eigenvalue weighted by molar-refractivity contribution is 6.29. The summed E-state index contributed by atoms with van der Waals surface area (Å²) in [5.74, 6) is -0.257. The van der Waals surface area contributed by atoms with E-state index in [1.807, 2.05) is 31.2 Å². The van der Waals surface area contributed by atoms with E-state index in [-0.39, 0.29) is 11.9 Å². The zero-order chi connectivity index (χ0) is 22.7. The van der Waals surface area contributed by atoms with Crippen LogP contribution in [0.25, 0.3) is 10.9 Å². The lowest BCUT2D eigenvalue weighted by Crippen LogP contribution is -2.14. The molecule has 2 amide bonds. The smallest absolute Gasteiger partial charge is 0.257 e. The van der Waals surface area contributed by atoms with Crippen LogP contribution in [0, 0.1) is 0 Å². The fraction of sp³-hybridized carbons (Fsp3) is 0.0870. The van der Waals surface area contributed by atoms with Gasteiger partial charge in [-0.2, -0.15) is 0 Å². The Bertz CT molecular complexity index is 1310. The number of primary amides is 1. The average molecular weight is 447 g/mol. The zero-order valence-corrected chi connectivity index (χ0v) is 17.8. The average Bonchev–Trinajstić information content (AvgIpc) is 2.79. The van der Waals surface area contributed by atoms with Gasteiger partial charge in [0, 0.05) is 17.3 Å². The minimum atomic E-state index is -0.548. The topological polar surface area (TPSA) is 123 Å². The number of halogens is 1. The zero-order valence-electron chi connectivity index (χ0n) is 17.0. The molecule has 9 heteroatoms. The van der Waals surface area contributed by atoms with E-state index >= 15 is 0 Å². The van der Waals surface area contributed by atoms with Crippen molar-refractivity contribution in [1.29, 1.82) is 0 Å². The summed E-state index contributed by atoms with van der Waals surface area (Å²) in [6, 6.07) is 15.7. The molecular formula is C23H19ClN6O2. The third-order valence-electron chi connectivity index (χ3n) is 4.92. The molecule has 1 unspecified atom stereocenters. The second-order valence-corrected chi connectivity index (χ2v) is 7.49. The molecule has 0 spiro atoms. The lowest BCUT2D eigenvalue weighted by molar-refractivity contribution is 0.0998. The van der Waals surface area contributed by atoms with Gasteiger partial charge in [0.15, 0.2) is 0 Å². The highest BCUT2D eigenvalue weighted by Crippen LogP contribution is 2.27. The molecule has 2 heterocycles. The van der Waals surface area contributed by atoms with Gasteiger partial charge in [0.25, 0.3) is 11.8 Å². The van der Waals surface area contributed by atoms with Gasteiger partial charge >= 0.3 is 0 Å². The van der Waals surface area contributed by atoms with Crippen molar-refractivity contribution in [2.75, 3.05) is 10.6 Å². The van der Waals surface area contributed by atoms with E-state index in [0.29, 0.717) is 38.7 Å². The number of nitrogens with zero attached hydrogens (tertiary/aromatic N) is 3. The third kappa shape index (κ3) is 4.50. The van der Waals surface area contributed by atoms with Gasteiger partial charge in [-0.1, -0.05) is 29.8 Å². The summed E-state index contributed by atoms with van der Waals surface area (Å²) in [7, 11) is 0. The molecule has 0 aliphatic heterocycles. The molecule has 4 rings (SSSR count). The Morgan fingerprint density at radius 2 is 1.84 bits per heavy atom. The second kappa shape index (κ2) is 8.99. The molecular weight excluding hydrogens is 428 g/mol. The van der Waals surface area contributed by atoms with Gasteiger partial charge in [-0.05, 0) is 48.9 Å². The van der Waals surface area contributed by atoms with Crippen LogP contribution in [0.3, 0.4) is 0 Å². The molecule has 0 bridgehead atoms. The van der Waals surface area contributed by atoms with Crippen molar-refractivity contribution in [3.8, 4) is 0 Å². The monoisotopic (exact) mass is 446 g/mol. The van der Waals surface area contributed by atoms with Gasteiger partial charge in [0.2, 0.25) is 0 Å². The number of hydrogen-bond acceptors (Lipinski definition) is 6. The number of aromatic nitrogens is 3. The Labute approximate surface area is 188 Å². The second-order valence-electron chi connectivity index (χ2n) is 7.10. The van der Waals surface area contributed by atoms with Crippen LogP contribution >= 0.6 is 11.6 Å². The molecule has 2 aromatic carbocycles. The molecule has 0 fully saturated rings. The predicted molar refractivity (Wildman–Crippen MR) is 124 cm³/mol. The van der Waals surface area contributed by atoms with Crippen molar-refractivity contribution in [1.82, 2.24) is 15.0 Å².